The van der Waals surface area contributed by atoms with Gasteiger partial charge in [0.25, 0.3) is 0 Å². The quantitative estimate of drug-likeness (QED) is 0.148. The first-order valence-electron chi connectivity index (χ1n) is 20.5. The number of carbonyl (C=O) groups is 4. The number of fused-ring (bicyclic) bond motifs is 7. The van der Waals surface area contributed by atoms with E-state index in [1.807, 2.05) is 17.0 Å². The lowest BCUT2D eigenvalue weighted by molar-refractivity contribution is -0.225. The maximum absolute atomic E-state index is 14.6. The molecule has 4 saturated carbocycles. The smallest absolute Gasteiger partial charge is 0.335 e. The largest absolute Gasteiger partial charge is 0.481 e. The lowest BCUT2D eigenvalue weighted by Crippen LogP contribution is -2.66. The summed E-state index contributed by atoms with van der Waals surface area (Å²) >= 11 is 0. The fraction of sp³-hybridized carbons (Fsp3) is 0.689. The van der Waals surface area contributed by atoms with E-state index in [9.17, 15) is 34.5 Å². The minimum atomic E-state index is -0.924. The number of carboxylic acid groups (broad SMARTS) is 3. The summed E-state index contributed by atoms with van der Waals surface area (Å²) in [6.45, 7) is 20.5. The van der Waals surface area contributed by atoms with E-state index in [0.29, 0.717) is 42.3 Å². The minimum absolute atomic E-state index is 0.0655. The fourth-order valence-electron chi connectivity index (χ4n) is 13.8. The number of hydrogen-bond donors (Lipinski definition) is 4. The molecular formula is C45H64N2O7. The van der Waals surface area contributed by atoms with E-state index in [1.54, 1.807) is 12.1 Å². The molecule has 6 rings (SSSR count). The Morgan fingerprint density at radius 3 is 2.04 bits per heavy atom. The van der Waals surface area contributed by atoms with E-state index in [-0.39, 0.29) is 59.4 Å². The van der Waals surface area contributed by atoms with Gasteiger partial charge in [-0.05, 0) is 139 Å². The van der Waals surface area contributed by atoms with Gasteiger partial charge >= 0.3 is 17.9 Å². The van der Waals surface area contributed by atoms with E-state index in [1.165, 1.54) is 11.1 Å². The number of aliphatic carboxylic acids is 2. The first kappa shape index (κ1) is 40.2. The molecule has 1 aromatic rings. The van der Waals surface area contributed by atoms with E-state index in [2.05, 4.69) is 59.5 Å². The molecule has 296 valence electrons. The lowest BCUT2D eigenvalue weighted by Gasteiger charge is -2.72. The van der Waals surface area contributed by atoms with Crippen LogP contribution in [0.2, 0.25) is 0 Å². The number of nitrogens with zero attached hydrogens (tertiary/aromatic N) is 1. The van der Waals surface area contributed by atoms with Gasteiger partial charge in [-0.15, -0.1) is 0 Å². The summed E-state index contributed by atoms with van der Waals surface area (Å²) in [7, 11) is 0. The zero-order valence-corrected chi connectivity index (χ0v) is 33.5. The van der Waals surface area contributed by atoms with Crippen LogP contribution in [0.15, 0.2) is 42.5 Å². The molecule has 0 heterocycles. The van der Waals surface area contributed by atoms with Crippen molar-refractivity contribution >= 4 is 29.4 Å². The number of amides is 1. The van der Waals surface area contributed by atoms with Gasteiger partial charge in [0.1, 0.15) is 0 Å². The monoisotopic (exact) mass is 744 g/mol. The first-order valence-corrected chi connectivity index (χ1v) is 20.5. The molecule has 0 saturated heterocycles. The van der Waals surface area contributed by atoms with Crippen molar-refractivity contribution in [3.05, 3.63) is 53.6 Å². The van der Waals surface area contributed by atoms with E-state index >= 15 is 0 Å². The number of carbonyl (C=O) groups excluding carboxylic acids is 1. The third-order valence-corrected chi connectivity index (χ3v) is 16.5. The van der Waals surface area contributed by atoms with Gasteiger partial charge in [0.05, 0.1) is 23.8 Å². The van der Waals surface area contributed by atoms with E-state index in [0.717, 1.165) is 63.4 Å². The van der Waals surface area contributed by atoms with Crippen LogP contribution in [0.5, 0.6) is 0 Å². The van der Waals surface area contributed by atoms with Crippen molar-refractivity contribution in [3.63, 3.8) is 0 Å². The predicted molar refractivity (Wildman–Crippen MR) is 210 cm³/mol. The van der Waals surface area contributed by atoms with Crippen LogP contribution in [0.3, 0.4) is 0 Å². The van der Waals surface area contributed by atoms with Crippen LogP contribution in [0.25, 0.3) is 5.57 Å². The van der Waals surface area contributed by atoms with Crippen molar-refractivity contribution in [2.45, 2.75) is 112 Å². The summed E-state index contributed by atoms with van der Waals surface area (Å²) in [6, 6.07) is 7.43. The highest BCUT2D eigenvalue weighted by molar-refractivity contribution is 5.88. The molecule has 9 heteroatoms. The predicted octanol–water partition coefficient (Wildman–Crippen LogP) is 8.40. The second kappa shape index (κ2) is 14.6. The van der Waals surface area contributed by atoms with Crippen molar-refractivity contribution in [1.29, 1.82) is 0 Å². The number of benzene rings is 1. The molecule has 0 unspecified atom stereocenters. The molecule has 9 nitrogen and oxygen atoms in total. The maximum atomic E-state index is 14.6. The molecule has 4 fully saturated rings. The molecule has 5 aliphatic rings. The van der Waals surface area contributed by atoms with Crippen LogP contribution >= 0.6 is 0 Å². The summed E-state index contributed by atoms with van der Waals surface area (Å²) in [5, 5.41) is 31.2. The molecule has 0 aromatic heterocycles. The number of carboxylic acids is 3. The standard InChI is InChI=1S/C45H64N2O7/c1-28(2)31-14-21-45(40(54)46-24-27-47(25-17-36(48)49)26-18-37(50)51)23-22-43(6)33(38(31)45)12-13-35-42(5)19-15-32(29-8-10-30(11-9-29)39(52)53)41(3,4)34(42)16-20-44(35,43)7/h8-11,15,31,33-35,38H,1,12-14,16-27H2,2-7H3,(H,46,54)(H,48,49)(H,50,51)(H,52,53)/t31-,33+,34-,35+,38+,42-,43+,44+,45-/m0/s1. The van der Waals surface area contributed by atoms with Crippen LogP contribution in [-0.4, -0.2) is 70.2 Å². The highest BCUT2D eigenvalue weighted by Crippen LogP contribution is 2.77. The molecule has 54 heavy (non-hydrogen) atoms. The Hall–Kier alpha value is -3.46. The highest BCUT2D eigenvalue weighted by Gasteiger charge is 2.71. The van der Waals surface area contributed by atoms with Gasteiger partial charge in [0.2, 0.25) is 5.91 Å². The third kappa shape index (κ3) is 6.54. The molecule has 0 bridgehead atoms. The van der Waals surface area contributed by atoms with Crippen molar-refractivity contribution < 1.29 is 34.5 Å². The van der Waals surface area contributed by atoms with Crippen molar-refractivity contribution in [2.24, 2.45) is 56.7 Å². The second-order valence-electron chi connectivity index (χ2n) is 19.2. The molecule has 0 spiro atoms. The zero-order valence-electron chi connectivity index (χ0n) is 33.5. The second-order valence-corrected chi connectivity index (χ2v) is 19.2. The number of allylic oxidation sites excluding steroid dienone is 3. The van der Waals surface area contributed by atoms with Crippen LogP contribution in [0.4, 0.5) is 0 Å². The summed E-state index contributed by atoms with van der Waals surface area (Å²) < 4.78 is 0. The Balaban J connectivity index is 1.24. The molecule has 4 N–H and O–H groups in total. The maximum Gasteiger partial charge on any atom is 0.335 e. The van der Waals surface area contributed by atoms with Gasteiger partial charge in [0.15, 0.2) is 0 Å². The lowest BCUT2D eigenvalue weighted by atomic mass is 9.32. The molecule has 0 radical (unpaired) electrons. The van der Waals surface area contributed by atoms with Gasteiger partial charge in [0, 0.05) is 26.2 Å². The van der Waals surface area contributed by atoms with Gasteiger partial charge in [-0.3, -0.25) is 14.4 Å². The molecule has 0 aliphatic heterocycles. The Bertz CT molecular complexity index is 1680. The van der Waals surface area contributed by atoms with E-state index in [4.69, 9.17) is 0 Å². The minimum Gasteiger partial charge on any atom is -0.481 e. The van der Waals surface area contributed by atoms with Crippen molar-refractivity contribution in [2.75, 3.05) is 26.2 Å². The summed E-state index contributed by atoms with van der Waals surface area (Å²) in [6.07, 6.45) is 11.6. The molecule has 5 aliphatic carbocycles. The first-order chi connectivity index (χ1) is 25.3. The van der Waals surface area contributed by atoms with Gasteiger partial charge < -0.3 is 25.5 Å². The van der Waals surface area contributed by atoms with Crippen LogP contribution in [-0.2, 0) is 14.4 Å². The molecule has 9 atom stereocenters. The van der Waals surface area contributed by atoms with Gasteiger partial charge in [-0.1, -0.05) is 65.0 Å². The van der Waals surface area contributed by atoms with Crippen molar-refractivity contribution in [1.82, 2.24) is 10.2 Å². The molecule has 1 aromatic carbocycles. The van der Waals surface area contributed by atoms with Crippen LogP contribution in [0.1, 0.15) is 128 Å². The number of nitrogens with one attached hydrogen (secondary N) is 1. The van der Waals surface area contributed by atoms with Gasteiger partial charge in [-0.2, -0.15) is 0 Å². The fourth-order valence-corrected chi connectivity index (χ4v) is 13.8. The van der Waals surface area contributed by atoms with Crippen molar-refractivity contribution in [3.8, 4) is 0 Å². The number of rotatable bonds is 13. The molecule has 1 amide bonds. The Labute approximate surface area is 322 Å². The van der Waals surface area contributed by atoms with Crippen LogP contribution < -0.4 is 5.32 Å². The normalized spacial score (nSPS) is 36.5. The highest BCUT2D eigenvalue weighted by atomic mass is 16.4. The topological polar surface area (TPSA) is 144 Å². The zero-order chi connectivity index (χ0) is 39.4. The third-order valence-electron chi connectivity index (χ3n) is 16.5. The van der Waals surface area contributed by atoms with Crippen LogP contribution in [0, 0.1) is 56.7 Å². The van der Waals surface area contributed by atoms with Gasteiger partial charge in [-0.25, -0.2) is 4.79 Å². The summed E-state index contributed by atoms with van der Waals surface area (Å²) in [4.78, 5) is 50.5. The van der Waals surface area contributed by atoms with E-state index < -0.39 is 23.3 Å². The summed E-state index contributed by atoms with van der Waals surface area (Å²) in [5.74, 6) is -0.681. The summed E-state index contributed by atoms with van der Waals surface area (Å²) in [5.41, 5.74) is 3.73. The Morgan fingerprint density at radius 1 is 0.796 bits per heavy atom. The Morgan fingerprint density at radius 2 is 1.44 bits per heavy atom. The Kier molecular flexibility index (Phi) is 10.8. The number of aromatic carboxylic acids is 1. The average molecular weight is 745 g/mol. The SMILES string of the molecule is C=C(C)[C@@H]1CC[C@]2(C(=O)NCCN(CCC(=O)O)CCC(=O)O)CC[C@]3(C)[C@H](CC[C@@H]4[C@@]5(C)CC=C(c6ccc(C(=O)O)cc6)C(C)(C)[C@@H]5CC[C@]43C)[C@@H]12. The molecular weight excluding hydrogens is 681 g/mol. The number of hydrogen-bond acceptors (Lipinski definition) is 5. The average Bonchev–Trinajstić information content (AvgIpc) is 3.50.